The number of nitrogens with zero attached hydrogens (tertiary/aromatic N) is 3. The summed E-state index contributed by atoms with van der Waals surface area (Å²) in [4.78, 5) is 28.9. The van der Waals surface area contributed by atoms with Gasteiger partial charge >= 0.3 is 0 Å². The minimum absolute atomic E-state index is 0.00663. The van der Waals surface area contributed by atoms with Gasteiger partial charge in [0.2, 0.25) is 0 Å². The number of nitro benzene ring substituents is 1. The summed E-state index contributed by atoms with van der Waals surface area (Å²) in [7, 11) is 0. The summed E-state index contributed by atoms with van der Waals surface area (Å²) < 4.78 is 1.81. The van der Waals surface area contributed by atoms with E-state index in [0.29, 0.717) is 31.8 Å². The van der Waals surface area contributed by atoms with Crippen molar-refractivity contribution in [3.63, 3.8) is 0 Å². The van der Waals surface area contributed by atoms with E-state index in [4.69, 9.17) is 11.6 Å². The van der Waals surface area contributed by atoms with Crippen LogP contribution in [0, 0.1) is 17.0 Å². The first-order valence-electron chi connectivity index (χ1n) is 8.22. The molecule has 2 heterocycles. The van der Waals surface area contributed by atoms with Crippen molar-refractivity contribution in [3.8, 4) is 11.3 Å². The van der Waals surface area contributed by atoms with E-state index >= 15 is 0 Å². The number of benzene rings is 2. The zero-order valence-corrected chi connectivity index (χ0v) is 16.1. The molecule has 0 atom stereocenters. The molecule has 1 amide bonds. The van der Waals surface area contributed by atoms with Crippen LogP contribution in [0.5, 0.6) is 0 Å². The lowest BCUT2D eigenvalue weighted by atomic mass is 10.1. The van der Waals surface area contributed by atoms with Crippen molar-refractivity contribution in [2.45, 2.75) is 6.92 Å². The number of rotatable bonds is 4. The molecule has 28 heavy (non-hydrogen) atoms. The molecule has 1 N–H and O–H groups in total. The topological polar surface area (TPSA) is 89.5 Å². The fourth-order valence-electron chi connectivity index (χ4n) is 2.83. The van der Waals surface area contributed by atoms with Gasteiger partial charge in [0.25, 0.3) is 11.6 Å². The maximum absolute atomic E-state index is 12.6. The highest BCUT2D eigenvalue weighted by Crippen LogP contribution is 2.29. The quantitative estimate of drug-likeness (QED) is 0.369. The summed E-state index contributed by atoms with van der Waals surface area (Å²) in [6, 6.07) is 13.2. The van der Waals surface area contributed by atoms with Gasteiger partial charge in [0.05, 0.1) is 10.6 Å². The highest BCUT2D eigenvalue weighted by molar-refractivity contribution is 7.19. The van der Waals surface area contributed by atoms with Crippen molar-refractivity contribution in [2.24, 2.45) is 0 Å². The number of aromatic nitrogens is 2. The molecule has 0 fully saturated rings. The Balaban J connectivity index is 1.65. The van der Waals surface area contributed by atoms with Gasteiger partial charge in [-0.1, -0.05) is 41.1 Å². The van der Waals surface area contributed by atoms with Crippen molar-refractivity contribution >= 4 is 45.2 Å². The number of carbonyl (C=O) groups is 1. The van der Waals surface area contributed by atoms with Crippen LogP contribution in [0.15, 0.2) is 54.7 Å². The number of halogens is 1. The highest BCUT2D eigenvalue weighted by atomic mass is 35.5. The normalized spacial score (nSPS) is 10.9. The lowest BCUT2D eigenvalue weighted by Crippen LogP contribution is -2.11. The van der Waals surface area contributed by atoms with Crippen LogP contribution in [0.25, 0.3) is 16.2 Å². The number of non-ortho nitro benzene ring substituents is 1. The second kappa shape index (κ2) is 7.06. The zero-order chi connectivity index (χ0) is 19.8. The predicted molar refractivity (Wildman–Crippen MR) is 109 cm³/mol. The Morgan fingerprint density at radius 2 is 2.04 bits per heavy atom. The van der Waals surface area contributed by atoms with E-state index in [-0.39, 0.29) is 11.6 Å². The molecule has 7 nitrogen and oxygen atoms in total. The molecule has 0 aliphatic rings. The summed E-state index contributed by atoms with van der Waals surface area (Å²) in [5, 5.41) is 14.3. The Morgan fingerprint density at radius 1 is 1.25 bits per heavy atom. The molecule has 0 saturated carbocycles. The van der Waals surface area contributed by atoms with Crippen LogP contribution in [0.1, 0.15) is 15.4 Å². The average Bonchev–Trinajstić information content (AvgIpc) is 3.21. The molecule has 0 aliphatic carbocycles. The van der Waals surface area contributed by atoms with Crippen LogP contribution in [0.4, 0.5) is 11.4 Å². The first-order chi connectivity index (χ1) is 13.4. The molecular formula is C19H13ClN4O3S. The van der Waals surface area contributed by atoms with Crippen molar-refractivity contribution in [3.05, 3.63) is 80.4 Å². The molecule has 0 unspecified atom stereocenters. The van der Waals surface area contributed by atoms with Gasteiger partial charge < -0.3 is 5.32 Å². The van der Waals surface area contributed by atoms with Crippen molar-refractivity contribution in [1.29, 1.82) is 0 Å². The Labute approximate surface area is 168 Å². The number of thiazole rings is 1. The van der Waals surface area contributed by atoms with Crippen LogP contribution in [-0.4, -0.2) is 20.2 Å². The second-order valence-corrected chi connectivity index (χ2v) is 7.48. The lowest BCUT2D eigenvalue weighted by molar-refractivity contribution is -0.384. The predicted octanol–water partition coefficient (Wildman–Crippen LogP) is 5.19. The van der Waals surface area contributed by atoms with Gasteiger partial charge in [0, 0.05) is 40.3 Å². The molecular weight excluding hydrogens is 400 g/mol. The summed E-state index contributed by atoms with van der Waals surface area (Å²) >= 11 is 7.21. The first-order valence-corrected chi connectivity index (χ1v) is 9.42. The summed E-state index contributed by atoms with van der Waals surface area (Å²) in [6.07, 6.45) is 1.77. The summed E-state index contributed by atoms with van der Waals surface area (Å²) in [5.74, 6) is -0.243. The van der Waals surface area contributed by atoms with Crippen molar-refractivity contribution < 1.29 is 9.72 Å². The lowest BCUT2D eigenvalue weighted by Gasteiger charge is -2.04. The van der Waals surface area contributed by atoms with Crippen molar-refractivity contribution in [1.82, 2.24) is 9.38 Å². The fraction of sp³-hybridized carbons (Fsp3) is 0.0526. The molecule has 0 saturated heterocycles. The number of amides is 1. The molecule has 9 heteroatoms. The van der Waals surface area contributed by atoms with E-state index in [9.17, 15) is 14.9 Å². The molecule has 2 aromatic heterocycles. The standard InChI is InChI=1S/C19H13ClN4O3S/c1-11-17(18(25)21-14-6-3-5-13(20)9-14)28-19-22-16(10-23(11)19)12-4-2-7-15(8-12)24(26)27/h2-10H,1H3,(H,21,25). The van der Waals surface area contributed by atoms with E-state index in [0.717, 1.165) is 5.69 Å². The van der Waals surface area contributed by atoms with E-state index in [1.54, 1.807) is 42.6 Å². The number of nitrogens with one attached hydrogen (secondary N) is 1. The Bertz CT molecular complexity index is 1230. The van der Waals surface area contributed by atoms with E-state index in [1.807, 2.05) is 11.3 Å². The van der Waals surface area contributed by atoms with Crippen LogP contribution >= 0.6 is 22.9 Å². The van der Waals surface area contributed by atoms with Gasteiger partial charge in [-0.15, -0.1) is 0 Å². The average molecular weight is 413 g/mol. The number of hydrogen-bond acceptors (Lipinski definition) is 5. The second-order valence-electron chi connectivity index (χ2n) is 6.07. The van der Waals surface area contributed by atoms with Crippen LogP contribution in [0.2, 0.25) is 5.02 Å². The number of aryl methyl sites for hydroxylation is 1. The van der Waals surface area contributed by atoms with Gasteiger partial charge in [-0.3, -0.25) is 19.3 Å². The third kappa shape index (κ3) is 3.35. The van der Waals surface area contributed by atoms with Gasteiger partial charge in [-0.25, -0.2) is 4.98 Å². The Morgan fingerprint density at radius 3 is 2.75 bits per heavy atom. The molecule has 0 aliphatic heterocycles. The smallest absolute Gasteiger partial charge is 0.270 e. The molecule has 4 rings (SSSR count). The largest absolute Gasteiger partial charge is 0.321 e. The van der Waals surface area contributed by atoms with Crippen LogP contribution in [-0.2, 0) is 0 Å². The zero-order valence-electron chi connectivity index (χ0n) is 14.5. The number of carbonyl (C=O) groups excluding carboxylic acids is 1. The number of imidazole rings is 1. The summed E-state index contributed by atoms with van der Waals surface area (Å²) in [5.41, 5.74) is 2.62. The number of nitro groups is 1. The minimum Gasteiger partial charge on any atom is -0.321 e. The molecule has 0 bridgehead atoms. The molecule has 140 valence electrons. The van der Waals surface area contributed by atoms with Gasteiger partial charge in [0.1, 0.15) is 4.88 Å². The van der Waals surface area contributed by atoms with Crippen molar-refractivity contribution in [2.75, 3.05) is 5.32 Å². The van der Waals surface area contributed by atoms with E-state index in [1.165, 1.54) is 23.5 Å². The minimum atomic E-state index is -0.439. The number of hydrogen-bond donors (Lipinski definition) is 1. The Hall–Kier alpha value is -3.23. The maximum Gasteiger partial charge on any atom is 0.270 e. The Kier molecular flexibility index (Phi) is 4.58. The molecule has 0 radical (unpaired) electrons. The first kappa shape index (κ1) is 18.1. The maximum atomic E-state index is 12.6. The van der Waals surface area contributed by atoms with Crippen LogP contribution < -0.4 is 5.32 Å². The molecule has 2 aromatic carbocycles. The monoisotopic (exact) mass is 412 g/mol. The van der Waals surface area contributed by atoms with Gasteiger partial charge in [0.15, 0.2) is 4.96 Å². The molecule has 4 aromatic rings. The van der Waals surface area contributed by atoms with Crippen LogP contribution in [0.3, 0.4) is 0 Å². The highest BCUT2D eigenvalue weighted by Gasteiger charge is 2.19. The van der Waals surface area contributed by atoms with Gasteiger partial charge in [-0.2, -0.15) is 0 Å². The third-order valence-electron chi connectivity index (χ3n) is 4.20. The number of anilines is 1. The molecule has 0 spiro atoms. The van der Waals surface area contributed by atoms with Gasteiger partial charge in [-0.05, 0) is 25.1 Å². The SMILES string of the molecule is Cc1c(C(=O)Nc2cccc(Cl)c2)sc2nc(-c3cccc([N+](=O)[O-])c3)cn12. The number of fused-ring (bicyclic) bond motifs is 1. The van der Waals surface area contributed by atoms with E-state index in [2.05, 4.69) is 10.3 Å². The summed E-state index contributed by atoms with van der Waals surface area (Å²) in [6.45, 7) is 1.83. The van der Waals surface area contributed by atoms with E-state index < -0.39 is 4.92 Å². The third-order valence-corrected chi connectivity index (χ3v) is 5.59. The fourth-order valence-corrected chi connectivity index (χ4v) is 4.03.